The molecule has 6 heteroatoms. The Labute approximate surface area is 127 Å². The highest BCUT2D eigenvalue weighted by molar-refractivity contribution is 7.13. The van der Waals surface area contributed by atoms with Gasteiger partial charge < -0.3 is 5.32 Å². The first-order chi connectivity index (χ1) is 10.4. The molecule has 3 heterocycles. The topological polar surface area (TPSA) is 55.1 Å². The van der Waals surface area contributed by atoms with Crippen molar-refractivity contribution in [2.45, 2.75) is 38.1 Å². The van der Waals surface area contributed by atoms with Crippen LogP contribution in [-0.2, 0) is 0 Å². The molecule has 1 fully saturated rings. The second kappa shape index (κ2) is 5.44. The molecule has 1 aliphatic carbocycles. The van der Waals surface area contributed by atoms with Crippen molar-refractivity contribution in [2.24, 2.45) is 0 Å². The van der Waals surface area contributed by atoms with Crippen molar-refractivity contribution >= 4 is 22.8 Å². The van der Waals surface area contributed by atoms with Crippen molar-refractivity contribution in [3.8, 4) is 10.7 Å². The Bertz CT molecular complexity index is 728. The first-order valence-corrected chi connectivity index (χ1v) is 8.31. The van der Waals surface area contributed by atoms with Gasteiger partial charge in [-0.25, -0.2) is 0 Å². The fourth-order valence-corrected chi connectivity index (χ4v) is 3.57. The van der Waals surface area contributed by atoms with Crippen molar-refractivity contribution in [1.82, 2.24) is 19.8 Å². The predicted octanol–water partition coefficient (Wildman–Crippen LogP) is 3.60. The second-order valence-corrected chi connectivity index (χ2v) is 6.42. The number of thiophene rings is 1. The van der Waals surface area contributed by atoms with E-state index >= 15 is 0 Å². The summed E-state index contributed by atoms with van der Waals surface area (Å²) in [5, 5.41) is 18.7. The third kappa shape index (κ3) is 2.51. The zero-order valence-electron chi connectivity index (χ0n) is 11.7. The maximum atomic E-state index is 4.67. The van der Waals surface area contributed by atoms with Gasteiger partial charge in [0.05, 0.1) is 4.88 Å². The highest BCUT2D eigenvalue weighted by Gasteiger charge is 2.15. The fraction of sp³-hybridized carbons (Fsp3) is 0.400. The van der Waals surface area contributed by atoms with Gasteiger partial charge in [0.2, 0.25) is 0 Å². The zero-order valence-corrected chi connectivity index (χ0v) is 12.5. The van der Waals surface area contributed by atoms with E-state index in [1.807, 2.05) is 34.2 Å². The Kier molecular flexibility index (Phi) is 3.31. The number of nitrogens with zero attached hydrogens (tertiary/aromatic N) is 4. The Hall–Kier alpha value is -1.95. The Morgan fingerprint density at radius 2 is 2.00 bits per heavy atom. The van der Waals surface area contributed by atoms with Crippen molar-refractivity contribution in [2.75, 3.05) is 5.32 Å². The van der Waals surface area contributed by atoms with Crippen LogP contribution in [0.15, 0.2) is 29.6 Å². The van der Waals surface area contributed by atoms with E-state index in [0.29, 0.717) is 6.04 Å². The third-order valence-corrected chi connectivity index (χ3v) is 4.83. The zero-order chi connectivity index (χ0) is 14.1. The van der Waals surface area contributed by atoms with Gasteiger partial charge in [0.1, 0.15) is 5.82 Å². The van der Waals surface area contributed by atoms with E-state index in [0.717, 1.165) is 22.2 Å². The van der Waals surface area contributed by atoms with Crippen LogP contribution in [0, 0.1) is 0 Å². The lowest BCUT2D eigenvalue weighted by Gasteiger charge is -2.23. The van der Waals surface area contributed by atoms with Crippen LogP contribution in [0.5, 0.6) is 0 Å². The molecule has 0 bridgehead atoms. The average molecular weight is 299 g/mol. The number of anilines is 1. The summed E-state index contributed by atoms with van der Waals surface area (Å²) in [5.41, 5.74) is 0.785. The Morgan fingerprint density at radius 3 is 2.81 bits per heavy atom. The highest BCUT2D eigenvalue weighted by Crippen LogP contribution is 2.24. The molecule has 108 valence electrons. The molecule has 3 aromatic heterocycles. The molecule has 1 aliphatic rings. The summed E-state index contributed by atoms with van der Waals surface area (Å²) in [5.74, 6) is 1.72. The van der Waals surface area contributed by atoms with Gasteiger partial charge in [-0.1, -0.05) is 25.3 Å². The quantitative estimate of drug-likeness (QED) is 0.803. The predicted molar refractivity (Wildman–Crippen MR) is 84.6 cm³/mol. The molecule has 1 saturated carbocycles. The first-order valence-electron chi connectivity index (χ1n) is 7.43. The molecule has 0 atom stereocenters. The van der Waals surface area contributed by atoms with Crippen LogP contribution in [0.2, 0.25) is 0 Å². The van der Waals surface area contributed by atoms with Crippen LogP contribution < -0.4 is 5.32 Å². The summed E-state index contributed by atoms with van der Waals surface area (Å²) < 4.78 is 1.83. The molecule has 0 aromatic carbocycles. The number of rotatable bonds is 3. The lowest BCUT2D eigenvalue weighted by Crippen LogP contribution is -2.23. The van der Waals surface area contributed by atoms with Gasteiger partial charge in [-0.15, -0.1) is 26.6 Å². The summed E-state index contributed by atoms with van der Waals surface area (Å²) in [6.45, 7) is 0. The Balaban J connectivity index is 1.66. The summed E-state index contributed by atoms with van der Waals surface area (Å²) in [4.78, 5) is 1.09. The van der Waals surface area contributed by atoms with Gasteiger partial charge in [-0.05, 0) is 36.4 Å². The van der Waals surface area contributed by atoms with Gasteiger partial charge in [-0.3, -0.25) is 0 Å². The lowest BCUT2D eigenvalue weighted by molar-refractivity contribution is 0.461. The van der Waals surface area contributed by atoms with Gasteiger partial charge >= 0.3 is 0 Å². The number of hydrogen-bond donors (Lipinski definition) is 1. The van der Waals surface area contributed by atoms with Gasteiger partial charge in [0.25, 0.3) is 0 Å². The standard InChI is InChI=1S/C15H17N5S/c1-2-5-11(6-3-1)16-13-8-9-14-17-18-15(20(14)19-13)12-7-4-10-21-12/h4,7-11H,1-3,5-6H2,(H,16,19). The van der Waals surface area contributed by atoms with Crippen molar-refractivity contribution < 1.29 is 0 Å². The Morgan fingerprint density at radius 1 is 1.10 bits per heavy atom. The minimum absolute atomic E-state index is 0.547. The van der Waals surface area contributed by atoms with Crippen LogP contribution in [0.1, 0.15) is 32.1 Å². The number of fused-ring (bicyclic) bond motifs is 1. The van der Waals surface area contributed by atoms with Crippen LogP contribution in [0.25, 0.3) is 16.3 Å². The minimum atomic E-state index is 0.547. The molecule has 21 heavy (non-hydrogen) atoms. The maximum absolute atomic E-state index is 4.67. The summed E-state index contributed by atoms with van der Waals surface area (Å²) in [6.07, 6.45) is 6.46. The molecule has 3 aromatic rings. The van der Waals surface area contributed by atoms with Gasteiger partial charge in [-0.2, -0.15) is 4.52 Å². The summed E-state index contributed by atoms with van der Waals surface area (Å²) in [6, 6.07) is 8.58. The highest BCUT2D eigenvalue weighted by atomic mass is 32.1. The van der Waals surface area contributed by atoms with E-state index in [2.05, 4.69) is 20.6 Å². The van der Waals surface area contributed by atoms with E-state index in [1.165, 1.54) is 32.1 Å². The summed E-state index contributed by atoms with van der Waals surface area (Å²) >= 11 is 1.65. The SMILES string of the molecule is c1csc(-c2nnc3ccc(NC4CCCCC4)nn23)c1. The summed E-state index contributed by atoms with van der Waals surface area (Å²) in [7, 11) is 0. The molecule has 0 radical (unpaired) electrons. The normalized spacial score (nSPS) is 16.4. The number of aromatic nitrogens is 4. The van der Waals surface area contributed by atoms with Gasteiger partial charge in [0, 0.05) is 6.04 Å². The lowest BCUT2D eigenvalue weighted by atomic mass is 9.95. The monoisotopic (exact) mass is 299 g/mol. The van der Waals surface area contributed by atoms with Crippen LogP contribution >= 0.6 is 11.3 Å². The van der Waals surface area contributed by atoms with Crippen molar-refractivity contribution in [3.05, 3.63) is 29.6 Å². The molecule has 0 unspecified atom stereocenters. The molecule has 4 rings (SSSR count). The molecular formula is C15H17N5S. The van der Waals surface area contributed by atoms with Crippen LogP contribution in [0.4, 0.5) is 5.82 Å². The first kappa shape index (κ1) is 12.8. The molecule has 0 saturated heterocycles. The minimum Gasteiger partial charge on any atom is -0.366 e. The molecule has 0 spiro atoms. The largest absolute Gasteiger partial charge is 0.366 e. The van der Waals surface area contributed by atoms with E-state index in [9.17, 15) is 0 Å². The molecule has 5 nitrogen and oxygen atoms in total. The molecule has 0 aliphatic heterocycles. The number of hydrogen-bond acceptors (Lipinski definition) is 5. The maximum Gasteiger partial charge on any atom is 0.195 e. The van der Waals surface area contributed by atoms with E-state index in [-0.39, 0.29) is 0 Å². The van der Waals surface area contributed by atoms with Gasteiger partial charge in [0.15, 0.2) is 11.5 Å². The third-order valence-electron chi connectivity index (χ3n) is 3.96. The van der Waals surface area contributed by atoms with E-state index < -0.39 is 0 Å². The van der Waals surface area contributed by atoms with E-state index in [1.54, 1.807) is 11.3 Å². The fourth-order valence-electron chi connectivity index (χ4n) is 2.88. The van der Waals surface area contributed by atoms with Crippen LogP contribution in [-0.4, -0.2) is 25.9 Å². The molecule has 1 N–H and O–H groups in total. The molecule has 0 amide bonds. The second-order valence-electron chi connectivity index (χ2n) is 5.47. The molecular weight excluding hydrogens is 282 g/mol. The smallest absolute Gasteiger partial charge is 0.195 e. The van der Waals surface area contributed by atoms with Crippen LogP contribution in [0.3, 0.4) is 0 Å². The average Bonchev–Trinajstić information content (AvgIpc) is 3.16. The van der Waals surface area contributed by atoms with Crippen molar-refractivity contribution in [3.63, 3.8) is 0 Å². The van der Waals surface area contributed by atoms with E-state index in [4.69, 9.17) is 0 Å². The van der Waals surface area contributed by atoms with Crippen molar-refractivity contribution in [1.29, 1.82) is 0 Å². The number of nitrogens with one attached hydrogen (secondary N) is 1.